The Morgan fingerprint density at radius 3 is 3.15 bits per heavy atom. The minimum atomic E-state index is 0.731. The van der Waals surface area contributed by atoms with Crippen LogP contribution in [0, 0.1) is 0 Å². The molecule has 4 nitrogen and oxygen atoms in total. The third-order valence-electron chi connectivity index (χ3n) is 2.62. The van der Waals surface area contributed by atoms with Crippen LogP contribution in [0.5, 0.6) is 0 Å². The molecule has 1 atom stereocenters. The zero-order valence-corrected chi connectivity index (χ0v) is 7.97. The summed E-state index contributed by atoms with van der Waals surface area (Å²) in [6, 6.07) is 0.731. The molecular formula is C9H18N4. The maximum atomic E-state index is 4.27. The molecule has 4 heteroatoms. The van der Waals surface area contributed by atoms with E-state index in [0.29, 0.717) is 0 Å². The Hall–Kier alpha value is -0.770. The van der Waals surface area contributed by atoms with E-state index >= 15 is 0 Å². The number of guanidine groups is 1. The second-order valence-electron chi connectivity index (χ2n) is 3.67. The molecule has 13 heavy (non-hydrogen) atoms. The Balaban J connectivity index is 1.57. The summed E-state index contributed by atoms with van der Waals surface area (Å²) in [6.45, 7) is 4.14. The van der Waals surface area contributed by atoms with Crippen LogP contribution in [0.2, 0.25) is 0 Å². The van der Waals surface area contributed by atoms with Crippen molar-refractivity contribution in [2.24, 2.45) is 4.99 Å². The molecule has 2 aliphatic heterocycles. The van der Waals surface area contributed by atoms with Gasteiger partial charge in [0.2, 0.25) is 0 Å². The number of hydrogen-bond acceptors (Lipinski definition) is 4. The minimum absolute atomic E-state index is 0.731. The van der Waals surface area contributed by atoms with E-state index in [9.17, 15) is 0 Å². The van der Waals surface area contributed by atoms with Crippen LogP contribution in [0.1, 0.15) is 19.3 Å². The van der Waals surface area contributed by atoms with Gasteiger partial charge in [-0.2, -0.15) is 0 Å². The summed E-state index contributed by atoms with van der Waals surface area (Å²) in [5.74, 6) is 0.984. The van der Waals surface area contributed by atoms with E-state index in [1.54, 1.807) is 0 Å². The van der Waals surface area contributed by atoms with Crippen molar-refractivity contribution >= 4 is 5.96 Å². The van der Waals surface area contributed by atoms with Crippen molar-refractivity contribution in [1.82, 2.24) is 16.0 Å². The summed E-state index contributed by atoms with van der Waals surface area (Å²) in [6.07, 6.45) is 3.88. The average molecular weight is 182 g/mol. The van der Waals surface area contributed by atoms with Crippen LogP contribution in [0.3, 0.4) is 0 Å². The first-order valence-electron chi connectivity index (χ1n) is 5.21. The molecule has 0 radical (unpaired) electrons. The highest BCUT2D eigenvalue weighted by molar-refractivity contribution is 5.81. The summed E-state index contributed by atoms with van der Waals surface area (Å²) < 4.78 is 0. The van der Waals surface area contributed by atoms with Gasteiger partial charge < -0.3 is 16.0 Å². The normalized spacial score (nSPS) is 27.1. The molecule has 2 aliphatic rings. The molecule has 2 heterocycles. The number of hydrogen-bond donors (Lipinski definition) is 3. The van der Waals surface area contributed by atoms with Gasteiger partial charge in [-0.05, 0) is 25.8 Å². The van der Waals surface area contributed by atoms with Gasteiger partial charge in [-0.1, -0.05) is 0 Å². The van der Waals surface area contributed by atoms with Gasteiger partial charge in [0.15, 0.2) is 5.96 Å². The SMILES string of the molecule is C1CN[C@H](CCNC2=NCCN2)C1. The van der Waals surface area contributed by atoms with Crippen LogP contribution in [-0.2, 0) is 0 Å². The van der Waals surface area contributed by atoms with Gasteiger partial charge in [0.1, 0.15) is 0 Å². The Kier molecular flexibility index (Phi) is 3.02. The molecule has 1 fully saturated rings. The molecule has 0 aromatic carbocycles. The molecule has 0 amide bonds. The summed E-state index contributed by atoms with van der Waals surface area (Å²) in [5.41, 5.74) is 0. The minimum Gasteiger partial charge on any atom is -0.356 e. The van der Waals surface area contributed by atoms with Crippen molar-refractivity contribution in [2.75, 3.05) is 26.2 Å². The maximum absolute atomic E-state index is 4.27. The Labute approximate surface area is 79.2 Å². The fourth-order valence-corrected chi connectivity index (χ4v) is 1.88. The van der Waals surface area contributed by atoms with Gasteiger partial charge in [0.05, 0.1) is 6.54 Å². The molecule has 0 aliphatic carbocycles. The lowest BCUT2D eigenvalue weighted by atomic mass is 10.1. The smallest absolute Gasteiger partial charge is 0.191 e. The molecule has 74 valence electrons. The summed E-state index contributed by atoms with van der Waals surface area (Å²) in [4.78, 5) is 4.27. The van der Waals surface area contributed by atoms with Crippen molar-refractivity contribution < 1.29 is 0 Å². The Bertz CT molecular complexity index is 184. The molecule has 0 saturated carbocycles. The first kappa shape index (κ1) is 8.81. The van der Waals surface area contributed by atoms with E-state index in [2.05, 4.69) is 20.9 Å². The molecular weight excluding hydrogens is 164 g/mol. The van der Waals surface area contributed by atoms with Crippen molar-refractivity contribution in [3.05, 3.63) is 0 Å². The van der Waals surface area contributed by atoms with Gasteiger partial charge in [-0.15, -0.1) is 0 Å². The Morgan fingerprint density at radius 2 is 2.46 bits per heavy atom. The van der Waals surface area contributed by atoms with Crippen molar-refractivity contribution in [3.63, 3.8) is 0 Å². The second kappa shape index (κ2) is 4.46. The molecule has 0 aromatic heterocycles. The second-order valence-corrected chi connectivity index (χ2v) is 3.67. The van der Waals surface area contributed by atoms with Crippen molar-refractivity contribution in [3.8, 4) is 0 Å². The molecule has 0 spiro atoms. The number of aliphatic imine (C=N–C) groups is 1. The lowest BCUT2D eigenvalue weighted by Gasteiger charge is -2.11. The number of nitrogens with one attached hydrogen (secondary N) is 3. The van der Waals surface area contributed by atoms with Gasteiger partial charge in [0.25, 0.3) is 0 Å². The van der Waals surface area contributed by atoms with E-state index in [0.717, 1.165) is 31.6 Å². The van der Waals surface area contributed by atoms with Crippen LogP contribution in [-0.4, -0.2) is 38.2 Å². The molecule has 0 aromatic rings. The zero-order chi connectivity index (χ0) is 8.93. The van der Waals surface area contributed by atoms with Gasteiger partial charge in [-0.25, -0.2) is 0 Å². The highest BCUT2D eigenvalue weighted by atomic mass is 15.2. The Morgan fingerprint density at radius 1 is 1.46 bits per heavy atom. The quantitative estimate of drug-likeness (QED) is 0.560. The zero-order valence-electron chi connectivity index (χ0n) is 7.97. The molecule has 2 rings (SSSR count). The van der Waals surface area contributed by atoms with Gasteiger partial charge in [-0.3, -0.25) is 4.99 Å². The summed E-state index contributed by atoms with van der Waals surface area (Å²) in [7, 11) is 0. The van der Waals surface area contributed by atoms with Crippen LogP contribution in [0.25, 0.3) is 0 Å². The molecule has 3 N–H and O–H groups in total. The monoisotopic (exact) mass is 182 g/mol. The third kappa shape index (κ3) is 2.59. The van der Waals surface area contributed by atoms with E-state index in [1.807, 2.05) is 0 Å². The van der Waals surface area contributed by atoms with Crippen LogP contribution < -0.4 is 16.0 Å². The number of rotatable bonds is 3. The fourth-order valence-electron chi connectivity index (χ4n) is 1.88. The topological polar surface area (TPSA) is 48.5 Å². The molecule has 1 saturated heterocycles. The molecule has 0 unspecified atom stereocenters. The van der Waals surface area contributed by atoms with E-state index in [-0.39, 0.29) is 0 Å². The third-order valence-corrected chi connectivity index (χ3v) is 2.62. The first-order chi connectivity index (χ1) is 6.45. The summed E-state index contributed by atoms with van der Waals surface area (Å²) >= 11 is 0. The number of nitrogens with zero attached hydrogens (tertiary/aromatic N) is 1. The standard InChI is InChI=1S/C9H18N4/c1-2-8(10-4-1)3-5-11-9-12-6-7-13-9/h8,10H,1-7H2,(H2,11,12,13)/t8-/m0/s1. The largest absolute Gasteiger partial charge is 0.356 e. The van der Waals surface area contributed by atoms with Crippen molar-refractivity contribution in [1.29, 1.82) is 0 Å². The van der Waals surface area contributed by atoms with E-state index in [1.165, 1.54) is 25.8 Å². The maximum Gasteiger partial charge on any atom is 0.191 e. The van der Waals surface area contributed by atoms with Gasteiger partial charge >= 0.3 is 0 Å². The predicted octanol–water partition coefficient (Wildman–Crippen LogP) is -0.323. The van der Waals surface area contributed by atoms with Crippen LogP contribution in [0.15, 0.2) is 4.99 Å². The fraction of sp³-hybridized carbons (Fsp3) is 0.889. The average Bonchev–Trinajstić information content (AvgIpc) is 2.75. The molecule has 0 bridgehead atoms. The lowest BCUT2D eigenvalue weighted by Crippen LogP contribution is -2.36. The highest BCUT2D eigenvalue weighted by Gasteiger charge is 2.13. The lowest BCUT2D eigenvalue weighted by molar-refractivity contribution is 0.552. The van der Waals surface area contributed by atoms with E-state index < -0.39 is 0 Å². The highest BCUT2D eigenvalue weighted by Crippen LogP contribution is 2.07. The summed E-state index contributed by atoms with van der Waals surface area (Å²) in [5, 5.41) is 9.99. The van der Waals surface area contributed by atoms with Crippen molar-refractivity contribution in [2.45, 2.75) is 25.3 Å². The first-order valence-corrected chi connectivity index (χ1v) is 5.21. The van der Waals surface area contributed by atoms with Gasteiger partial charge in [0, 0.05) is 19.1 Å². The van der Waals surface area contributed by atoms with E-state index in [4.69, 9.17) is 0 Å². The van der Waals surface area contributed by atoms with Crippen LogP contribution in [0.4, 0.5) is 0 Å². The van der Waals surface area contributed by atoms with Crippen LogP contribution >= 0.6 is 0 Å². The predicted molar refractivity (Wildman–Crippen MR) is 53.9 cm³/mol.